The highest BCUT2D eigenvalue weighted by molar-refractivity contribution is 6.21. The van der Waals surface area contributed by atoms with Gasteiger partial charge in [-0.05, 0) is 26.0 Å². The molecule has 2 aromatic carbocycles. The summed E-state index contributed by atoms with van der Waals surface area (Å²) in [6.45, 7) is 3.28. The number of benzene rings is 2. The molecule has 0 spiro atoms. The number of ketones is 1. The molecule has 0 bridgehead atoms. The molecule has 0 aliphatic heterocycles. The molecule has 2 aromatic heterocycles. The lowest BCUT2D eigenvalue weighted by Crippen LogP contribution is -2.16. The minimum Gasteiger partial charge on any atom is -0.377 e. The van der Waals surface area contributed by atoms with Crippen LogP contribution in [-0.2, 0) is 0 Å². The van der Waals surface area contributed by atoms with Crippen LogP contribution in [0.5, 0.6) is 0 Å². The number of fused-ring (bicyclic) bond motifs is 2. The van der Waals surface area contributed by atoms with Crippen LogP contribution in [0.3, 0.4) is 0 Å². The van der Waals surface area contributed by atoms with Gasteiger partial charge in [0, 0.05) is 35.9 Å². The normalized spacial score (nSPS) is 11.7. The van der Waals surface area contributed by atoms with Crippen molar-refractivity contribution in [3.05, 3.63) is 51.9 Å². The zero-order valence-corrected chi connectivity index (χ0v) is 14.0. The van der Waals surface area contributed by atoms with E-state index in [1.807, 2.05) is 49.3 Å². The summed E-state index contributed by atoms with van der Waals surface area (Å²) >= 11 is 0. The second kappa shape index (κ2) is 4.77. The van der Waals surface area contributed by atoms with Crippen LogP contribution in [0, 0.1) is 6.92 Å². The van der Waals surface area contributed by atoms with Crippen molar-refractivity contribution in [2.45, 2.75) is 13.8 Å². The van der Waals surface area contributed by atoms with Gasteiger partial charge in [0.15, 0.2) is 5.78 Å². The van der Waals surface area contributed by atoms with E-state index in [4.69, 9.17) is 0 Å². The van der Waals surface area contributed by atoms with Gasteiger partial charge in [0.2, 0.25) is 0 Å². The first kappa shape index (κ1) is 14.6. The van der Waals surface area contributed by atoms with Crippen LogP contribution < -0.4 is 10.5 Å². The molecule has 4 rings (SSSR count). The first-order valence-corrected chi connectivity index (χ1v) is 7.80. The summed E-state index contributed by atoms with van der Waals surface area (Å²) in [5, 5.41) is 7.74. The molecule has 0 saturated carbocycles. The number of carbonyl (C=O) groups is 1. The maximum atomic E-state index is 12.9. The first-order valence-electron chi connectivity index (χ1n) is 7.80. The molecule has 0 N–H and O–H groups in total. The lowest BCUT2D eigenvalue weighted by atomic mass is 9.97. The van der Waals surface area contributed by atoms with E-state index in [1.54, 1.807) is 6.92 Å². The molecule has 5 heteroatoms. The first-order chi connectivity index (χ1) is 11.4. The lowest BCUT2D eigenvalue weighted by molar-refractivity contribution is 0.101. The van der Waals surface area contributed by atoms with E-state index in [0.29, 0.717) is 22.2 Å². The summed E-state index contributed by atoms with van der Waals surface area (Å²) in [4.78, 5) is 27.1. The van der Waals surface area contributed by atoms with E-state index < -0.39 is 0 Å². The second-order valence-corrected chi connectivity index (χ2v) is 6.34. The predicted octanol–water partition coefficient (Wildman–Crippen LogP) is 3.02. The van der Waals surface area contributed by atoms with Crippen LogP contribution in [0.25, 0.3) is 27.1 Å². The van der Waals surface area contributed by atoms with Crippen molar-refractivity contribution < 1.29 is 4.79 Å². The summed E-state index contributed by atoms with van der Waals surface area (Å²) in [6.07, 6.45) is 0. The van der Waals surface area contributed by atoms with E-state index in [0.717, 1.165) is 21.8 Å². The van der Waals surface area contributed by atoms with Crippen molar-refractivity contribution in [1.29, 1.82) is 0 Å². The Balaban J connectivity index is 2.39. The van der Waals surface area contributed by atoms with Gasteiger partial charge in [0.25, 0.3) is 5.56 Å². The third kappa shape index (κ3) is 1.72. The maximum Gasteiger partial charge on any atom is 0.279 e. The minimum atomic E-state index is -0.186. The van der Waals surface area contributed by atoms with Crippen molar-refractivity contribution in [1.82, 2.24) is 9.61 Å². The van der Waals surface area contributed by atoms with E-state index in [9.17, 15) is 9.59 Å². The average Bonchev–Trinajstić information content (AvgIpc) is 2.89. The van der Waals surface area contributed by atoms with Gasteiger partial charge in [-0.1, -0.05) is 18.2 Å². The van der Waals surface area contributed by atoms with Gasteiger partial charge in [-0.2, -0.15) is 9.61 Å². The Kier molecular flexibility index (Phi) is 2.91. The molecular weight excluding hydrogens is 302 g/mol. The smallest absolute Gasteiger partial charge is 0.279 e. The van der Waals surface area contributed by atoms with Crippen LogP contribution in [-0.4, -0.2) is 29.5 Å². The van der Waals surface area contributed by atoms with Crippen LogP contribution in [0.15, 0.2) is 35.1 Å². The number of anilines is 1. The maximum absolute atomic E-state index is 12.9. The minimum absolute atomic E-state index is 0.0780. The molecule has 0 aliphatic carbocycles. The Morgan fingerprint density at radius 1 is 1.08 bits per heavy atom. The molecule has 4 aromatic rings. The molecule has 120 valence electrons. The molecule has 5 nitrogen and oxygen atoms in total. The van der Waals surface area contributed by atoms with E-state index in [1.165, 1.54) is 11.4 Å². The van der Waals surface area contributed by atoms with Crippen LogP contribution >= 0.6 is 0 Å². The third-order valence-electron chi connectivity index (χ3n) is 4.59. The average molecular weight is 319 g/mol. The third-order valence-corrected chi connectivity index (χ3v) is 4.59. The highest BCUT2D eigenvalue weighted by atomic mass is 16.1. The molecule has 0 atom stereocenters. The number of aryl methyl sites for hydroxylation is 1. The fourth-order valence-electron chi connectivity index (χ4n) is 3.62. The van der Waals surface area contributed by atoms with E-state index in [-0.39, 0.29) is 11.3 Å². The summed E-state index contributed by atoms with van der Waals surface area (Å²) in [5.74, 6) is -0.0780. The van der Waals surface area contributed by atoms with Gasteiger partial charge in [-0.25, -0.2) is 0 Å². The second-order valence-electron chi connectivity index (χ2n) is 6.34. The lowest BCUT2D eigenvalue weighted by Gasteiger charge is -2.17. The van der Waals surface area contributed by atoms with Gasteiger partial charge in [-0.3, -0.25) is 9.59 Å². The molecule has 2 heterocycles. The van der Waals surface area contributed by atoms with Crippen molar-refractivity contribution in [3.63, 3.8) is 0 Å². The van der Waals surface area contributed by atoms with Gasteiger partial charge in [0.05, 0.1) is 22.2 Å². The number of aromatic nitrogens is 2. The van der Waals surface area contributed by atoms with Crippen LogP contribution in [0.4, 0.5) is 5.69 Å². The summed E-state index contributed by atoms with van der Waals surface area (Å²) in [7, 11) is 3.95. The van der Waals surface area contributed by atoms with Crippen molar-refractivity contribution in [3.8, 4) is 0 Å². The highest BCUT2D eigenvalue weighted by Gasteiger charge is 2.21. The van der Waals surface area contributed by atoms with E-state index >= 15 is 0 Å². The fraction of sp³-hybridized carbons (Fsp3) is 0.211. The topological polar surface area (TPSA) is 54.7 Å². The van der Waals surface area contributed by atoms with E-state index in [2.05, 4.69) is 5.10 Å². The Hall–Kier alpha value is -2.95. The molecular formula is C19H17N3O2. The number of hydrogen-bond acceptors (Lipinski definition) is 4. The molecule has 24 heavy (non-hydrogen) atoms. The monoisotopic (exact) mass is 319 g/mol. The van der Waals surface area contributed by atoms with Gasteiger partial charge in [0.1, 0.15) is 0 Å². The van der Waals surface area contributed by atoms with Gasteiger partial charge < -0.3 is 4.90 Å². The van der Waals surface area contributed by atoms with Crippen molar-refractivity contribution in [2.75, 3.05) is 19.0 Å². The Labute approximate surface area is 138 Å². The Morgan fingerprint density at radius 2 is 1.79 bits per heavy atom. The standard InChI is InChI=1S/C19H17N3O2/c1-10-16(11(2)23)18-13-8-9-15(21(3)4)12-6-5-7-14(17(12)13)19(24)22(18)20-10/h5-9H,1-4H3. The van der Waals surface area contributed by atoms with Crippen LogP contribution in [0.2, 0.25) is 0 Å². The molecule has 0 saturated heterocycles. The molecule has 0 amide bonds. The Bertz CT molecular complexity index is 1190. The van der Waals surface area contributed by atoms with Crippen molar-refractivity contribution >= 4 is 38.5 Å². The quantitative estimate of drug-likeness (QED) is 0.533. The summed E-state index contributed by atoms with van der Waals surface area (Å²) < 4.78 is 1.37. The zero-order chi connectivity index (χ0) is 17.2. The number of rotatable bonds is 2. The number of carbonyl (C=O) groups excluding carboxylic acids is 1. The molecule has 0 aliphatic rings. The number of pyridine rings is 1. The van der Waals surface area contributed by atoms with Crippen molar-refractivity contribution in [2.24, 2.45) is 0 Å². The largest absolute Gasteiger partial charge is 0.377 e. The molecule has 0 radical (unpaired) electrons. The number of hydrogen-bond donors (Lipinski definition) is 0. The fourth-order valence-corrected chi connectivity index (χ4v) is 3.62. The van der Waals surface area contributed by atoms with Crippen LogP contribution in [0.1, 0.15) is 23.0 Å². The predicted molar refractivity (Wildman–Crippen MR) is 96.7 cm³/mol. The number of Topliss-reactive ketones (excluding diaryl/α,β-unsaturated/α-hetero) is 1. The van der Waals surface area contributed by atoms with Gasteiger partial charge in [-0.15, -0.1) is 0 Å². The summed E-state index contributed by atoms with van der Waals surface area (Å²) in [5.41, 5.74) is 2.58. The highest BCUT2D eigenvalue weighted by Crippen LogP contribution is 2.35. The molecule has 0 fully saturated rings. The zero-order valence-electron chi connectivity index (χ0n) is 14.0. The summed E-state index contributed by atoms with van der Waals surface area (Å²) in [6, 6.07) is 9.72. The van der Waals surface area contributed by atoms with Gasteiger partial charge >= 0.3 is 0 Å². The number of nitrogens with zero attached hydrogens (tertiary/aromatic N) is 3. The Morgan fingerprint density at radius 3 is 2.46 bits per heavy atom. The molecule has 0 unspecified atom stereocenters. The SMILES string of the molecule is CC(=O)c1c(C)nn2c(=O)c3cccc4c(N(C)C)ccc(c43)c12.